The first-order chi connectivity index (χ1) is 9.28. The van der Waals surface area contributed by atoms with Crippen molar-refractivity contribution in [3.8, 4) is 0 Å². The first-order valence-corrected chi connectivity index (χ1v) is 7.65. The van der Waals surface area contributed by atoms with E-state index in [1.807, 2.05) is 18.8 Å². The van der Waals surface area contributed by atoms with Crippen molar-refractivity contribution in [1.82, 2.24) is 15.1 Å². The van der Waals surface area contributed by atoms with Crippen molar-refractivity contribution >= 4 is 11.8 Å². The van der Waals surface area contributed by atoms with Crippen molar-refractivity contribution in [1.29, 1.82) is 0 Å². The van der Waals surface area contributed by atoms with Crippen LogP contribution in [0.4, 0.5) is 0 Å². The highest BCUT2D eigenvalue weighted by Crippen LogP contribution is 2.39. The van der Waals surface area contributed by atoms with Gasteiger partial charge in [-0.25, -0.2) is 0 Å². The number of nitrogens with one attached hydrogen (secondary N) is 1. The Morgan fingerprint density at radius 3 is 3.11 bits per heavy atom. The van der Waals surface area contributed by atoms with Crippen LogP contribution in [0.25, 0.3) is 0 Å². The van der Waals surface area contributed by atoms with Crippen LogP contribution in [0.2, 0.25) is 0 Å². The smallest absolute Gasteiger partial charge is 0.0638 e. The van der Waals surface area contributed by atoms with Gasteiger partial charge in [0.15, 0.2) is 0 Å². The summed E-state index contributed by atoms with van der Waals surface area (Å²) in [6.07, 6.45) is 2.18. The fraction of sp³-hybridized carbons (Fsp3) is 0.400. The third kappa shape index (κ3) is 2.55. The largest absolute Gasteiger partial charge is 0.316 e. The highest BCUT2D eigenvalue weighted by atomic mass is 32.2. The molecule has 1 aromatic heterocycles. The van der Waals surface area contributed by atoms with Crippen molar-refractivity contribution in [2.24, 2.45) is 0 Å². The summed E-state index contributed by atoms with van der Waals surface area (Å²) < 4.78 is 2.11. The van der Waals surface area contributed by atoms with Gasteiger partial charge in [0.05, 0.1) is 5.69 Å². The lowest BCUT2D eigenvalue weighted by molar-refractivity contribution is 0.546. The molecule has 0 radical (unpaired) electrons. The number of hydrogen-bond donors (Lipinski definition) is 1. The lowest BCUT2D eigenvalue weighted by Gasteiger charge is -2.10. The molecule has 0 fully saturated rings. The Morgan fingerprint density at radius 2 is 2.26 bits per heavy atom. The number of fused-ring (bicyclic) bond motifs is 1. The summed E-state index contributed by atoms with van der Waals surface area (Å²) in [7, 11) is 1.97. The van der Waals surface area contributed by atoms with E-state index in [4.69, 9.17) is 0 Å². The highest BCUT2D eigenvalue weighted by molar-refractivity contribution is 7.99. The number of nitrogens with zero attached hydrogens (tertiary/aromatic N) is 2. The second kappa shape index (κ2) is 5.39. The van der Waals surface area contributed by atoms with Gasteiger partial charge in [-0.15, -0.1) is 11.8 Å². The minimum absolute atomic E-state index is 0.586. The van der Waals surface area contributed by atoms with Gasteiger partial charge in [0.25, 0.3) is 0 Å². The summed E-state index contributed by atoms with van der Waals surface area (Å²) in [6.45, 7) is 3.96. The molecule has 1 unspecified atom stereocenters. The second-order valence-corrected chi connectivity index (χ2v) is 6.10. The lowest BCUT2D eigenvalue weighted by atomic mass is 10.0. The van der Waals surface area contributed by atoms with Gasteiger partial charge in [-0.2, -0.15) is 5.10 Å². The van der Waals surface area contributed by atoms with Crippen molar-refractivity contribution in [3.63, 3.8) is 0 Å². The molecule has 1 aromatic carbocycles. The summed E-state index contributed by atoms with van der Waals surface area (Å²) in [5.41, 5.74) is 3.91. The Kier molecular flexibility index (Phi) is 3.62. The molecular formula is C15H19N3S. The Labute approximate surface area is 118 Å². The van der Waals surface area contributed by atoms with Crippen LogP contribution in [-0.2, 0) is 13.1 Å². The Morgan fingerprint density at radius 1 is 1.42 bits per heavy atom. The van der Waals surface area contributed by atoms with E-state index in [0.29, 0.717) is 5.92 Å². The molecule has 3 nitrogen and oxygen atoms in total. The van der Waals surface area contributed by atoms with Gasteiger partial charge in [-0.05, 0) is 25.6 Å². The molecule has 2 heterocycles. The number of aryl methyl sites for hydroxylation is 1. The van der Waals surface area contributed by atoms with E-state index in [0.717, 1.165) is 18.8 Å². The number of hydrogen-bond acceptors (Lipinski definition) is 3. The summed E-state index contributed by atoms with van der Waals surface area (Å²) in [4.78, 5) is 1.44. The molecular weight excluding hydrogens is 254 g/mol. The fourth-order valence-corrected chi connectivity index (χ4v) is 3.86. The van der Waals surface area contributed by atoms with Gasteiger partial charge >= 0.3 is 0 Å². The molecule has 4 heteroatoms. The molecule has 2 aromatic rings. The number of benzene rings is 1. The average Bonchev–Trinajstić information content (AvgIpc) is 2.96. The highest BCUT2D eigenvalue weighted by Gasteiger charge is 2.23. The molecule has 0 aliphatic carbocycles. The van der Waals surface area contributed by atoms with E-state index in [-0.39, 0.29) is 0 Å². The normalized spacial score (nSPS) is 17.7. The molecule has 3 rings (SSSR count). The maximum atomic E-state index is 4.63. The second-order valence-electron chi connectivity index (χ2n) is 5.04. The molecule has 0 saturated carbocycles. The lowest BCUT2D eigenvalue weighted by Crippen LogP contribution is -2.09. The Hall–Kier alpha value is -1.26. The van der Waals surface area contributed by atoms with Crippen LogP contribution < -0.4 is 5.32 Å². The van der Waals surface area contributed by atoms with Gasteiger partial charge in [-0.3, -0.25) is 4.68 Å². The average molecular weight is 273 g/mol. The molecule has 100 valence electrons. The molecule has 0 bridgehead atoms. The summed E-state index contributed by atoms with van der Waals surface area (Å²) in [5, 5.41) is 7.82. The van der Waals surface area contributed by atoms with Crippen LogP contribution in [-0.4, -0.2) is 22.6 Å². The van der Waals surface area contributed by atoms with Gasteiger partial charge in [0, 0.05) is 41.4 Å². The maximum absolute atomic E-state index is 4.63. The van der Waals surface area contributed by atoms with E-state index >= 15 is 0 Å². The summed E-state index contributed by atoms with van der Waals surface area (Å²) in [6, 6.07) is 8.74. The third-order valence-electron chi connectivity index (χ3n) is 3.62. The molecule has 1 N–H and O–H groups in total. The van der Waals surface area contributed by atoms with Crippen LogP contribution in [0.3, 0.4) is 0 Å². The number of aromatic nitrogens is 2. The van der Waals surface area contributed by atoms with Crippen molar-refractivity contribution in [2.45, 2.75) is 30.8 Å². The minimum Gasteiger partial charge on any atom is -0.316 e. The van der Waals surface area contributed by atoms with Crippen molar-refractivity contribution in [2.75, 3.05) is 12.8 Å². The topological polar surface area (TPSA) is 29.9 Å². The predicted octanol–water partition coefficient (Wildman–Crippen LogP) is 2.80. The molecule has 0 saturated heterocycles. The van der Waals surface area contributed by atoms with Gasteiger partial charge in [0.1, 0.15) is 0 Å². The SMILES string of the molecule is CNCc1cn(CC2CSc3ccccc32)nc1C. The van der Waals surface area contributed by atoms with Gasteiger partial charge in [0.2, 0.25) is 0 Å². The zero-order valence-electron chi connectivity index (χ0n) is 11.4. The molecule has 0 spiro atoms. The minimum atomic E-state index is 0.586. The Bertz CT molecular complexity index is 577. The molecule has 1 aliphatic rings. The van der Waals surface area contributed by atoms with Crippen LogP contribution in [0.1, 0.15) is 22.7 Å². The number of thioether (sulfide) groups is 1. The monoisotopic (exact) mass is 273 g/mol. The molecule has 0 amide bonds. The molecule has 1 atom stereocenters. The fourth-order valence-electron chi connectivity index (χ4n) is 2.62. The molecule has 1 aliphatic heterocycles. The number of rotatable bonds is 4. The van der Waals surface area contributed by atoms with E-state index < -0.39 is 0 Å². The van der Waals surface area contributed by atoms with E-state index in [2.05, 4.69) is 52.5 Å². The van der Waals surface area contributed by atoms with Crippen LogP contribution in [0.5, 0.6) is 0 Å². The van der Waals surface area contributed by atoms with Gasteiger partial charge in [-0.1, -0.05) is 18.2 Å². The zero-order chi connectivity index (χ0) is 13.2. The van der Waals surface area contributed by atoms with Crippen molar-refractivity contribution < 1.29 is 0 Å². The van der Waals surface area contributed by atoms with Crippen LogP contribution in [0.15, 0.2) is 35.4 Å². The first kappa shape index (κ1) is 12.8. The van der Waals surface area contributed by atoms with E-state index in [9.17, 15) is 0 Å². The Balaban J connectivity index is 1.78. The maximum Gasteiger partial charge on any atom is 0.0638 e. The summed E-state index contributed by atoms with van der Waals surface area (Å²) in [5.74, 6) is 1.75. The zero-order valence-corrected chi connectivity index (χ0v) is 12.2. The van der Waals surface area contributed by atoms with Crippen LogP contribution >= 0.6 is 11.8 Å². The quantitative estimate of drug-likeness (QED) is 0.929. The predicted molar refractivity (Wildman–Crippen MR) is 79.6 cm³/mol. The first-order valence-electron chi connectivity index (χ1n) is 6.67. The van der Waals surface area contributed by atoms with Crippen LogP contribution in [0, 0.1) is 6.92 Å². The van der Waals surface area contributed by atoms with Gasteiger partial charge < -0.3 is 5.32 Å². The van der Waals surface area contributed by atoms with E-state index in [1.54, 1.807) is 0 Å². The molecule has 19 heavy (non-hydrogen) atoms. The summed E-state index contributed by atoms with van der Waals surface area (Å²) >= 11 is 1.96. The van der Waals surface area contributed by atoms with Crippen molar-refractivity contribution in [3.05, 3.63) is 47.3 Å². The third-order valence-corrected chi connectivity index (χ3v) is 4.87. The van der Waals surface area contributed by atoms with E-state index in [1.165, 1.54) is 21.8 Å². The standard InChI is InChI=1S/C15H19N3S/c1-11-12(7-16-2)8-18(17-11)9-13-10-19-15-6-4-3-5-14(13)15/h3-6,8,13,16H,7,9-10H2,1-2H3.